The third kappa shape index (κ3) is 9.02. The monoisotopic (exact) mass is 497 g/mol. The summed E-state index contributed by atoms with van der Waals surface area (Å²) in [6.45, 7) is 13.1. The van der Waals surface area contributed by atoms with Gasteiger partial charge in [0.1, 0.15) is 18.2 Å². The molecule has 36 heavy (non-hydrogen) atoms. The van der Waals surface area contributed by atoms with E-state index in [9.17, 15) is 14.4 Å². The minimum Gasteiger partial charge on any atom is -0.458 e. The average Bonchev–Trinajstić information content (AvgIpc) is 2.79. The SMILES string of the molecule is C[C@@H](OC(=O)[C@H](Cc1ccc(C(C)(C)C)cc1)N(C)C(=O)OC(C)(C)C)C(=O)OCc1ccccc1. The quantitative estimate of drug-likeness (QED) is 0.357. The van der Waals surface area contributed by atoms with Gasteiger partial charge in [0.25, 0.3) is 0 Å². The van der Waals surface area contributed by atoms with Gasteiger partial charge in [-0.05, 0) is 49.8 Å². The molecule has 0 aliphatic rings. The molecule has 0 fully saturated rings. The number of nitrogens with zero attached hydrogens (tertiary/aromatic N) is 1. The summed E-state index contributed by atoms with van der Waals surface area (Å²) in [5, 5.41) is 0. The number of benzene rings is 2. The number of hydrogen-bond acceptors (Lipinski definition) is 6. The number of esters is 2. The fourth-order valence-electron chi connectivity index (χ4n) is 3.35. The van der Waals surface area contributed by atoms with Crippen LogP contribution in [0.15, 0.2) is 54.6 Å². The zero-order valence-electron chi connectivity index (χ0n) is 22.7. The van der Waals surface area contributed by atoms with Crippen molar-refractivity contribution in [1.82, 2.24) is 4.90 Å². The van der Waals surface area contributed by atoms with E-state index in [0.29, 0.717) is 0 Å². The molecule has 0 saturated heterocycles. The van der Waals surface area contributed by atoms with Crippen molar-refractivity contribution in [1.29, 1.82) is 0 Å². The summed E-state index contributed by atoms with van der Waals surface area (Å²) in [5.41, 5.74) is 2.08. The van der Waals surface area contributed by atoms with Gasteiger partial charge in [0.05, 0.1) is 0 Å². The fourth-order valence-corrected chi connectivity index (χ4v) is 3.35. The summed E-state index contributed by atoms with van der Waals surface area (Å²) >= 11 is 0. The van der Waals surface area contributed by atoms with E-state index in [4.69, 9.17) is 14.2 Å². The Morgan fingerprint density at radius 1 is 0.833 bits per heavy atom. The molecule has 7 nitrogen and oxygen atoms in total. The van der Waals surface area contributed by atoms with Gasteiger partial charge in [0.15, 0.2) is 6.10 Å². The van der Waals surface area contributed by atoms with Crippen molar-refractivity contribution < 1.29 is 28.6 Å². The zero-order valence-corrected chi connectivity index (χ0v) is 22.7. The van der Waals surface area contributed by atoms with Crippen molar-refractivity contribution in [3.63, 3.8) is 0 Å². The van der Waals surface area contributed by atoms with Gasteiger partial charge >= 0.3 is 18.0 Å². The molecule has 2 aromatic carbocycles. The topological polar surface area (TPSA) is 82.1 Å². The van der Waals surface area contributed by atoms with Crippen molar-refractivity contribution in [2.75, 3.05) is 7.05 Å². The molecule has 0 spiro atoms. The van der Waals surface area contributed by atoms with Crippen molar-refractivity contribution in [2.24, 2.45) is 0 Å². The number of hydrogen-bond donors (Lipinski definition) is 0. The Morgan fingerprint density at radius 3 is 1.94 bits per heavy atom. The van der Waals surface area contributed by atoms with E-state index in [1.54, 1.807) is 20.8 Å². The van der Waals surface area contributed by atoms with Gasteiger partial charge < -0.3 is 14.2 Å². The minimum absolute atomic E-state index is 0.0142. The van der Waals surface area contributed by atoms with Crippen LogP contribution < -0.4 is 0 Å². The summed E-state index contributed by atoms with van der Waals surface area (Å²) in [6, 6.07) is 16.1. The molecule has 0 N–H and O–H groups in total. The Balaban J connectivity index is 2.15. The number of rotatable bonds is 8. The van der Waals surface area contributed by atoms with Crippen molar-refractivity contribution in [3.8, 4) is 0 Å². The molecule has 0 aromatic heterocycles. The second-order valence-electron chi connectivity index (χ2n) is 10.9. The van der Waals surface area contributed by atoms with E-state index in [1.165, 1.54) is 18.9 Å². The first kappa shape index (κ1) is 28.9. The van der Waals surface area contributed by atoms with Gasteiger partial charge in [-0.3, -0.25) is 4.90 Å². The van der Waals surface area contributed by atoms with Crippen molar-refractivity contribution in [2.45, 2.75) is 84.7 Å². The van der Waals surface area contributed by atoms with Gasteiger partial charge in [-0.15, -0.1) is 0 Å². The van der Waals surface area contributed by atoms with Crippen LogP contribution in [0.4, 0.5) is 4.79 Å². The van der Waals surface area contributed by atoms with Crippen molar-refractivity contribution in [3.05, 3.63) is 71.3 Å². The van der Waals surface area contributed by atoms with Crippen LogP contribution in [0.5, 0.6) is 0 Å². The molecule has 1 amide bonds. The second-order valence-corrected chi connectivity index (χ2v) is 10.9. The van der Waals surface area contributed by atoms with Crippen molar-refractivity contribution >= 4 is 18.0 Å². The van der Waals surface area contributed by atoms with E-state index in [1.807, 2.05) is 54.6 Å². The van der Waals surface area contributed by atoms with Gasteiger partial charge in [-0.2, -0.15) is 0 Å². The lowest BCUT2D eigenvalue weighted by Gasteiger charge is -2.30. The fraction of sp³-hybridized carbons (Fsp3) is 0.483. The molecule has 2 aromatic rings. The number of carbonyl (C=O) groups is 3. The highest BCUT2D eigenvalue weighted by Gasteiger charge is 2.34. The van der Waals surface area contributed by atoms with E-state index >= 15 is 0 Å². The van der Waals surface area contributed by atoms with Gasteiger partial charge in [-0.1, -0.05) is 75.4 Å². The molecule has 0 aliphatic carbocycles. The lowest BCUT2D eigenvalue weighted by atomic mass is 9.86. The Hall–Kier alpha value is -3.35. The summed E-state index contributed by atoms with van der Waals surface area (Å²) in [6.07, 6.45) is -1.60. The maximum absolute atomic E-state index is 13.2. The normalized spacial score (nSPS) is 13.3. The van der Waals surface area contributed by atoms with Crippen LogP contribution in [-0.4, -0.2) is 47.7 Å². The Labute approximate surface area is 214 Å². The first-order chi connectivity index (χ1) is 16.7. The molecule has 0 aliphatic heterocycles. The van der Waals surface area contributed by atoms with Crippen LogP contribution in [0.25, 0.3) is 0 Å². The maximum atomic E-state index is 13.2. The summed E-state index contributed by atoms with van der Waals surface area (Å²) in [4.78, 5) is 39.6. The predicted molar refractivity (Wildman–Crippen MR) is 138 cm³/mol. The van der Waals surface area contributed by atoms with Gasteiger partial charge in [0, 0.05) is 13.5 Å². The summed E-state index contributed by atoms with van der Waals surface area (Å²) in [5.74, 6) is -1.38. The molecule has 0 unspecified atom stereocenters. The molecule has 0 heterocycles. The third-order valence-electron chi connectivity index (χ3n) is 5.52. The van der Waals surface area contributed by atoms with E-state index in [-0.39, 0.29) is 18.4 Å². The molecule has 196 valence electrons. The lowest BCUT2D eigenvalue weighted by molar-refractivity contribution is -0.170. The zero-order chi connectivity index (χ0) is 27.1. The van der Waals surface area contributed by atoms with Crippen LogP contribution in [0.2, 0.25) is 0 Å². The Kier molecular flexibility index (Phi) is 9.68. The van der Waals surface area contributed by atoms with Crippen LogP contribution in [0.1, 0.15) is 65.2 Å². The highest BCUT2D eigenvalue weighted by Crippen LogP contribution is 2.23. The molecular weight excluding hydrogens is 458 g/mol. The second kappa shape index (κ2) is 12.1. The number of amides is 1. The Morgan fingerprint density at radius 2 is 1.42 bits per heavy atom. The summed E-state index contributed by atoms with van der Waals surface area (Å²) in [7, 11) is 1.49. The van der Waals surface area contributed by atoms with E-state index < -0.39 is 35.8 Å². The molecule has 2 atom stereocenters. The minimum atomic E-state index is -1.14. The highest BCUT2D eigenvalue weighted by atomic mass is 16.6. The first-order valence-corrected chi connectivity index (χ1v) is 12.1. The molecule has 0 radical (unpaired) electrons. The van der Waals surface area contributed by atoms with Crippen LogP contribution in [0, 0.1) is 0 Å². The highest BCUT2D eigenvalue weighted by molar-refractivity contribution is 5.84. The van der Waals surface area contributed by atoms with Crippen LogP contribution in [0.3, 0.4) is 0 Å². The summed E-state index contributed by atoms with van der Waals surface area (Å²) < 4.78 is 16.2. The van der Waals surface area contributed by atoms with Gasteiger partial charge in [-0.25, -0.2) is 14.4 Å². The third-order valence-corrected chi connectivity index (χ3v) is 5.52. The average molecular weight is 498 g/mol. The molecule has 0 bridgehead atoms. The lowest BCUT2D eigenvalue weighted by Crippen LogP contribution is -2.47. The maximum Gasteiger partial charge on any atom is 0.410 e. The number of carbonyl (C=O) groups excluding carboxylic acids is 3. The van der Waals surface area contributed by atoms with Crippen LogP contribution in [-0.2, 0) is 42.2 Å². The van der Waals surface area contributed by atoms with Gasteiger partial charge in [0.2, 0.25) is 0 Å². The number of likely N-dealkylation sites (N-methyl/N-ethyl adjacent to an activating group) is 1. The Bertz CT molecular complexity index is 1020. The van der Waals surface area contributed by atoms with Crippen LogP contribution >= 0.6 is 0 Å². The smallest absolute Gasteiger partial charge is 0.410 e. The first-order valence-electron chi connectivity index (χ1n) is 12.1. The molecular formula is C29H39NO6. The standard InChI is InChI=1S/C29H39NO6/c1-20(25(31)34-19-22-12-10-9-11-13-22)35-26(32)24(30(8)27(33)36-29(5,6)7)18-21-14-16-23(17-15-21)28(2,3)4/h9-17,20,24H,18-19H2,1-8H3/t20-,24+/m1/s1. The predicted octanol–water partition coefficient (Wildman–Crippen LogP) is 5.44. The molecule has 7 heteroatoms. The van der Waals surface area contributed by atoms with E-state index in [0.717, 1.165) is 16.7 Å². The number of ether oxygens (including phenoxy) is 3. The molecule has 0 saturated carbocycles. The van der Waals surface area contributed by atoms with E-state index in [2.05, 4.69) is 20.8 Å². The molecule has 2 rings (SSSR count). The largest absolute Gasteiger partial charge is 0.458 e.